The minimum Gasteiger partial charge on any atom is -0.399 e. The van der Waals surface area contributed by atoms with Gasteiger partial charge in [0.25, 0.3) is 0 Å². The molecule has 0 aliphatic carbocycles. The van der Waals surface area contributed by atoms with Gasteiger partial charge in [-0.05, 0) is 31.4 Å². The van der Waals surface area contributed by atoms with Gasteiger partial charge in [-0.1, -0.05) is 5.16 Å². The Morgan fingerprint density at radius 1 is 1.38 bits per heavy atom. The molecule has 0 N–H and O–H groups in total. The summed E-state index contributed by atoms with van der Waals surface area (Å²) in [7, 11) is 1.53. The van der Waals surface area contributed by atoms with E-state index in [-0.39, 0.29) is 0 Å². The molecule has 1 saturated heterocycles. The van der Waals surface area contributed by atoms with Crippen molar-refractivity contribution in [1.29, 1.82) is 0 Å². The summed E-state index contributed by atoms with van der Waals surface area (Å²) in [5.74, 6) is 0. The van der Waals surface area contributed by atoms with E-state index in [1.165, 1.54) is 32.1 Å². The van der Waals surface area contributed by atoms with E-state index in [1.54, 1.807) is 6.21 Å². The standard InChI is InChI=1S/C12H17N3O/c1-16-14-10-11-9-12(5-6-13-11)15-7-3-2-4-8-15/h5-6,9-10H,2-4,7-8H2,1H3/b14-10+. The molecule has 1 aliphatic heterocycles. The average molecular weight is 219 g/mol. The predicted octanol–water partition coefficient (Wildman–Crippen LogP) is 2.05. The van der Waals surface area contributed by atoms with Gasteiger partial charge < -0.3 is 9.74 Å². The van der Waals surface area contributed by atoms with Crippen LogP contribution in [0, 0.1) is 0 Å². The average Bonchev–Trinajstić information content (AvgIpc) is 2.38. The summed E-state index contributed by atoms with van der Waals surface area (Å²) in [4.78, 5) is 11.3. The lowest BCUT2D eigenvalue weighted by Crippen LogP contribution is -2.29. The number of pyridine rings is 1. The molecule has 4 nitrogen and oxygen atoms in total. The van der Waals surface area contributed by atoms with Gasteiger partial charge in [0.15, 0.2) is 0 Å². The molecule has 4 heteroatoms. The van der Waals surface area contributed by atoms with Crippen LogP contribution in [0.3, 0.4) is 0 Å². The molecule has 2 heterocycles. The molecule has 0 atom stereocenters. The highest BCUT2D eigenvalue weighted by molar-refractivity contribution is 5.78. The van der Waals surface area contributed by atoms with Gasteiger partial charge in [0.2, 0.25) is 0 Å². The fraction of sp³-hybridized carbons (Fsp3) is 0.500. The lowest BCUT2D eigenvalue weighted by Gasteiger charge is -2.28. The van der Waals surface area contributed by atoms with Crippen molar-refractivity contribution in [1.82, 2.24) is 4.98 Å². The zero-order valence-electron chi connectivity index (χ0n) is 9.59. The maximum absolute atomic E-state index is 4.65. The summed E-state index contributed by atoms with van der Waals surface area (Å²) in [5, 5.41) is 3.72. The molecule has 86 valence electrons. The molecule has 0 amide bonds. The van der Waals surface area contributed by atoms with Crippen molar-refractivity contribution in [3.8, 4) is 0 Å². The van der Waals surface area contributed by atoms with Crippen molar-refractivity contribution in [2.45, 2.75) is 19.3 Å². The first-order valence-corrected chi connectivity index (χ1v) is 5.67. The van der Waals surface area contributed by atoms with E-state index in [9.17, 15) is 0 Å². The second kappa shape index (κ2) is 5.49. The molecular weight excluding hydrogens is 202 g/mol. The molecule has 1 fully saturated rings. The minimum atomic E-state index is 0.838. The van der Waals surface area contributed by atoms with E-state index in [4.69, 9.17) is 0 Å². The first kappa shape index (κ1) is 10.9. The molecule has 16 heavy (non-hydrogen) atoms. The first-order valence-electron chi connectivity index (χ1n) is 5.67. The molecule has 0 bridgehead atoms. The molecule has 0 aromatic carbocycles. The lowest BCUT2D eigenvalue weighted by atomic mass is 10.1. The molecule has 1 aliphatic rings. The van der Waals surface area contributed by atoms with Gasteiger partial charge in [-0.15, -0.1) is 0 Å². The number of hydrogen-bond donors (Lipinski definition) is 0. The molecule has 0 spiro atoms. The third kappa shape index (κ3) is 2.72. The van der Waals surface area contributed by atoms with Gasteiger partial charge in [-0.25, -0.2) is 0 Å². The Morgan fingerprint density at radius 2 is 2.19 bits per heavy atom. The van der Waals surface area contributed by atoms with E-state index in [2.05, 4.69) is 25.9 Å². The molecule has 1 aromatic rings. The zero-order chi connectivity index (χ0) is 11.2. The predicted molar refractivity (Wildman–Crippen MR) is 64.9 cm³/mol. The van der Waals surface area contributed by atoms with Crippen molar-refractivity contribution in [2.24, 2.45) is 5.16 Å². The van der Waals surface area contributed by atoms with Gasteiger partial charge in [0.05, 0.1) is 11.9 Å². The highest BCUT2D eigenvalue weighted by Crippen LogP contribution is 2.19. The number of oxime groups is 1. The van der Waals surface area contributed by atoms with Crippen LogP contribution in [0.2, 0.25) is 0 Å². The van der Waals surface area contributed by atoms with Crippen LogP contribution >= 0.6 is 0 Å². The van der Waals surface area contributed by atoms with Gasteiger partial charge in [-0.2, -0.15) is 0 Å². The number of anilines is 1. The van der Waals surface area contributed by atoms with Crippen LogP contribution in [0.15, 0.2) is 23.5 Å². The Kier molecular flexibility index (Phi) is 3.75. The summed E-state index contributed by atoms with van der Waals surface area (Å²) < 4.78 is 0. The fourth-order valence-corrected chi connectivity index (χ4v) is 1.96. The van der Waals surface area contributed by atoms with E-state index >= 15 is 0 Å². The van der Waals surface area contributed by atoms with Gasteiger partial charge in [0.1, 0.15) is 7.11 Å². The first-order chi connectivity index (χ1) is 7.90. The van der Waals surface area contributed by atoms with Crippen LogP contribution in [0.1, 0.15) is 25.0 Å². The molecule has 1 aromatic heterocycles. The second-order valence-electron chi connectivity index (χ2n) is 3.90. The van der Waals surface area contributed by atoms with Crippen molar-refractivity contribution >= 4 is 11.9 Å². The quantitative estimate of drug-likeness (QED) is 0.577. The van der Waals surface area contributed by atoms with Crippen molar-refractivity contribution in [3.63, 3.8) is 0 Å². The molecule has 0 radical (unpaired) electrons. The van der Waals surface area contributed by atoms with Crippen LogP contribution in [0.25, 0.3) is 0 Å². The normalized spacial score (nSPS) is 16.7. The van der Waals surface area contributed by atoms with Crippen molar-refractivity contribution in [2.75, 3.05) is 25.1 Å². The van der Waals surface area contributed by atoms with Crippen LogP contribution in [-0.2, 0) is 4.84 Å². The summed E-state index contributed by atoms with van der Waals surface area (Å²) in [6.07, 6.45) is 7.36. The largest absolute Gasteiger partial charge is 0.399 e. The summed E-state index contributed by atoms with van der Waals surface area (Å²) >= 11 is 0. The second-order valence-corrected chi connectivity index (χ2v) is 3.90. The van der Waals surface area contributed by atoms with Crippen LogP contribution < -0.4 is 4.90 Å². The third-order valence-electron chi connectivity index (χ3n) is 2.78. The Balaban J connectivity index is 2.11. The smallest absolute Gasteiger partial charge is 0.106 e. The van der Waals surface area contributed by atoms with E-state index in [0.717, 1.165) is 18.8 Å². The maximum Gasteiger partial charge on any atom is 0.106 e. The summed E-state index contributed by atoms with van der Waals surface area (Å²) in [5.41, 5.74) is 2.07. The summed E-state index contributed by atoms with van der Waals surface area (Å²) in [6.45, 7) is 2.29. The number of piperidine rings is 1. The lowest BCUT2D eigenvalue weighted by molar-refractivity contribution is 0.215. The molecule has 2 rings (SSSR count). The minimum absolute atomic E-state index is 0.838. The van der Waals surface area contributed by atoms with E-state index < -0.39 is 0 Å². The summed E-state index contributed by atoms with van der Waals surface area (Å²) in [6, 6.07) is 4.10. The maximum atomic E-state index is 4.65. The van der Waals surface area contributed by atoms with Crippen LogP contribution in [0.4, 0.5) is 5.69 Å². The topological polar surface area (TPSA) is 37.7 Å². The van der Waals surface area contributed by atoms with Crippen molar-refractivity contribution in [3.05, 3.63) is 24.0 Å². The van der Waals surface area contributed by atoms with Gasteiger partial charge in [0, 0.05) is 25.0 Å². The van der Waals surface area contributed by atoms with E-state index in [0.29, 0.717) is 0 Å². The molecule has 0 unspecified atom stereocenters. The van der Waals surface area contributed by atoms with E-state index in [1.807, 2.05) is 12.3 Å². The Morgan fingerprint density at radius 3 is 2.94 bits per heavy atom. The fourth-order valence-electron chi connectivity index (χ4n) is 1.96. The SMILES string of the molecule is CO/N=C/c1cc(N2CCCCC2)ccn1. The Bertz CT molecular complexity index is 359. The van der Waals surface area contributed by atoms with Crippen molar-refractivity contribution < 1.29 is 4.84 Å². The van der Waals surface area contributed by atoms with Gasteiger partial charge >= 0.3 is 0 Å². The van der Waals surface area contributed by atoms with Crippen LogP contribution in [0.5, 0.6) is 0 Å². The molecular formula is C12H17N3O. The highest BCUT2D eigenvalue weighted by Gasteiger charge is 2.10. The highest BCUT2D eigenvalue weighted by atomic mass is 16.6. The number of hydrogen-bond acceptors (Lipinski definition) is 4. The Hall–Kier alpha value is -1.58. The number of aromatic nitrogens is 1. The van der Waals surface area contributed by atoms with Gasteiger partial charge in [-0.3, -0.25) is 4.98 Å². The number of rotatable bonds is 3. The zero-order valence-corrected chi connectivity index (χ0v) is 9.59. The van der Waals surface area contributed by atoms with Crippen LogP contribution in [-0.4, -0.2) is 31.4 Å². The molecule has 0 saturated carbocycles. The number of nitrogens with zero attached hydrogens (tertiary/aromatic N) is 3. The third-order valence-corrected chi connectivity index (χ3v) is 2.78. The Labute approximate surface area is 95.9 Å². The monoisotopic (exact) mass is 219 g/mol.